The van der Waals surface area contributed by atoms with Crippen LogP contribution in [-0.4, -0.2) is 11.0 Å². The normalized spacial score (nSPS) is 23.7. The molecule has 4 N–H and O–H groups in total. The molecule has 0 fully saturated rings. The molecule has 128 valence electrons. The number of nitrogens with one attached hydrogen (secondary N) is 1. The predicted octanol–water partition coefficient (Wildman–Crippen LogP) is 4.62. The van der Waals surface area contributed by atoms with Crippen LogP contribution in [0.2, 0.25) is 10.0 Å². The van der Waals surface area contributed by atoms with E-state index in [1.807, 2.05) is 12.1 Å². The number of amides is 1. The minimum Gasteiger partial charge on any atom is -0.506 e. The van der Waals surface area contributed by atoms with E-state index < -0.39 is 5.91 Å². The molecule has 2 aliphatic rings. The first kappa shape index (κ1) is 16.3. The number of fused-ring (bicyclic) bond motifs is 3. The first-order valence-electron chi connectivity index (χ1n) is 8.00. The molecule has 0 saturated carbocycles. The summed E-state index contributed by atoms with van der Waals surface area (Å²) in [4.78, 5) is 11.5. The Morgan fingerprint density at radius 2 is 2.00 bits per heavy atom. The van der Waals surface area contributed by atoms with E-state index in [9.17, 15) is 9.90 Å². The van der Waals surface area contributed by atoms with E-state index >= 15 is 0 Å². The monoisotopic (exact) mass is 374 g/mol. The van der Waals surface area contributed by atoms with Crippen molar-refractivity contribution in [3.63, 3.8) is 0 Å². The number of carbonyl (C=O) groups excluding carboxylic acids is 1. The summed E-state index contributed by atoms with van der Waals surface area (Å²) in [5.41, 5.74) is 8.55. The van der Waals surface area contributed by atoms with Gasteiger partial charge in [-0.25, -0.2) is 0 Å². The first-order chi connectivity index (χ1) is 12.0. The molecular weight excluding hydrogens is 359 g/mol. The van der Waals surface area contributed by atoms with Crippen LogP contribution in [0, 0.1) is 5.92 Å². The van der Waals surface area contributed by atoms with E-state index in [0.29, 0.717) is 16.1 Å². The van der Waals surface area contributed by atoms with Crippen molar-refractivity contribution in [2.24, 2.45) is 11.7 Å². The molecule has 0 spiro atoms. The molecule has 0 aromatic heterocycles. The Labute approximate surface area is 155 Å². The number of aromatic hydroxyl groups is 1. The van der Waals surface area contributed by atoms with Crippen LogP contribution in [-0.2, 0) is 0 Å². The molecule has 2 aromatic rings. The highest BCUT2D eigenvalue weighted by Crippen LogP contribution is 2.52. The molecular formula is C19H16Cl2N2O2. The van der Waals surface area contributed by atoms with Gasteiger partial charge in [0, 0.05) is 27.8 Å². The van der Waals surface area contributed by atoms with E-state index in [4.69, 9.17) is 28.9 Å². The number of phenolic OH excluding ortho intramolecular Hbond substituents is 1. The van der Waals surface area contributed by atoms with Crippen LogP contribution in [0.5, 0.6) is 5.75 Å². The lowest BCUT2D eigenvalue weighted by Crippen LogP contribution is -2.29. The Morgan fingerprint density at radius 3 is 2.76 bits per heavy atom. The molecule has 1 aliphatic carbocycles. The van der Waals surface area contributed by atoms with Crippen molar-refractivity contribution in [3.8, 4) is 5.75 Å². The fourth-order valence-electron chi connectivity index (χ4n) is 3.88. The van der Waals surface area contributed by atoms with Gasteiger partial charge in [0.15, 0.2) is 0 Å². The van der Waals surface area contributed by atoms with Crippen molar-refractivity contribution >= 4 is 34.8 Å². The van der Waals surface area contributed by atoms with Gasteiger partial charge in [-0.1, -0.05) is 35.4 Å². The SMILES string of the molecule is NC(=O)c1ccc2c(c1)C1C=CCC1C(c1cc(Cl)cc(Cl)c1O)N2. The number of nitrogens with two attached hydrogens (primary N) is 1. The minimum atomic E-state index is -0.442. The zero-order chi connectivity index (χ0) is 17.7. The van der Waals surface area contributed by atoms with Gasteiger partial charge in [0.2, 0.25) is 5.91 Å². The van der Waals surface area contributed by atoms with Crippen molar-refractivity contribution in [2.75, 3.05) is 5.32 Å². The lowest BCUT2D eigenvalue weighted by Gasteiger charge is -2.38. The van der Waals surface area contributed by atoms with Gasteiger partial charge in [-0.15, -0.1) is 0 Å². The van der Waals surface area contributed by atoms with Crippen molar-refractivity contribution in [1.82, 2.24) is 0 Å². The summed E-state index contributed by atoms with van der Waals surface area (Å²) in [5, 5.41) is 14.6. The van der Waals surface area contributed by atoms with Crippen LogP contribution in [0.15, 0.2) is 42.5 Å². The van der Waals surface area contributed by atoms with E-state index in [0.717, 1.165) is 17.7 Å². The molecule has 0 radical (unpaired) electrons. The summed E-state index contributed by atoms with van der Waals surface area (Å²) in [6.45, 7) is 0. The number of rotatable bonds is 2. The smallest absolute Gasteiger partial charge is 0.248 e. The third kappa shape index (κ3) is 2.66. The van der Waals surface area contributed by atoms with Crippen molar-refractivity contribution < 1.29 is 9.90 Å². The Hall–Kier alpha value is -2.17. The topological polar surface area (TPSA) is 75.4 Å². The molecule has 4 rings (SSSR count). The fraction of sp³-hybridized carbons (Fsp3) is 0.211. The van der Waals surface area contributed by atoms with Gasteiger partial charge in [-0.3, -0.25) is 4.79 Å². The molecule has 0 saturated heterocycles. The van der Waals surface area contributed by atoms with Crippen molar-refractivity contribution in [1.29, 1.82) is 0 Å². The lowest BCUT2D eigenvalue weighted by molar-refractivity contribution is 0.1000. The lowest BCUT2D eigenvalue weighted by atomic mass is 9.76. The molecule has 6 heteroatoms. The molecule has 25 heavy (non-hydrogen) atoms. The fourth-order valence-corrected chi connectivity index (χ4v) is 4.39. The Balaban J connectivity index is 1.82. The van der Waals surface area contributed by atoms with Gasteiger partial charge in [-0.2, -0.15) is 0 Å². The van der Waals surface area contributed by atoms with Gasteiger partial charge in [0.05, 0.1) is 11.1 Å². The molecule has 3 unspecified atom stereocenters. The number of hydrogen-bond acceptors (Lipinski definition) is 3. The summed E-state index contributed by atoms with van der Waals surface area (Å²) in [6.07, 6.45) is 5.12. The Bertz CT molecular complexity index is 911. The number of anilines is 1. The molecule has 3 atom stereocenters. The summed E-state index contributed by atoms with van der Waals surface area (Å²) in [5.74, 6) is -0.0668. The summed E-state index contributed by atoms with van der Waals surface area (Å²) >= 11 is 12.3. The zero-order valence-electron chi connectivity index (χ0n) is 13.2. The van der Waals surface area contributed by atoms with Gasteiger partial charge < -0.3 is 16.2 Å². The number of carbonyl (C=O) groups is 1. The maximum absolute atomic E-state index is 11.5. The summed E-state index contributed by atoms with van der Waals surface area (Å²) in [7, 11) is 0. The second-order valence-corrected chi connectivity index (χ2v) is 7.31. The van der Waals surface area contributed by atoms with Gasteiger partial charge >= 0.3 is 0 Å². The van der Waals surface area contributed by atoms with Gasteiger partial charge in [0.25, 0.3) is 0 Å². The molecule has 0 bridgehead atoms. The highest BCUT2D eigenvalue weighted by Gasteiger charge is 2.39. The quantitative estimate of drug-likeness (QED) is 0.671. The van der Waals surface area contributed by atoms with Crippen LogP contribution >= 0.6 is 23.2 Å². The maximum atomic E-state index is 11.5. The van der Waals surface area contributed by atoms with Crippen LogP contribution in [0.4, 0.5) is 5.69 Å². The molecule has 1 amide bonds. The molecule has 1 aliphatic heterocycles. The molecule has 4 nitrogen and oxygen atoms in total. The third-order valence-corrected chi connectivity index (χ3v) is 5.55. The largest absolute Gasteiger partial charge is 0.506 e. The summed E-state index contributed by atoms with van der Waals surface area (Å²) < 4.78 is 0. The average Bonchev–Trinajstić information content (AvgIpc) is 3.07. The third-order valence-electron chi connectivity index (χ3n) is 5.04. The van der Waals surface area contributed by atoms with E-state index in [1.165, 1.54) is 6.07 Å². The van der Waals surface area contributed by atoms with E-state index in [2.05, 4.69) is 17.5 Å². The van der Waals surface area contributed by atoms with Crippen LogP contribution < -0.4 is 11.1 Å². The number of halogens is 2. The number of allylic oxidation sites excluding steroid dienone is 2. The van der Waals surface area contributed by atoms with Gasteiger partial charge in [0.1, 0.15) is 5.75 Å². The highest BCUT2D eigenvalue weighted by molar-refractivity contribution is 6.35. The summed E-state index contributed by atoms with van der Waals surface area (Å²) in [6, 6.07) is 8.55. The molecule has 2 aromatic carbocycles. The van der Waals surface area contributed by atoms with Crippen LogP contribution in [0.1, 0.15) is 39.9 Å². The van der Waals surface area contributed by atoms with Crippen molar-refractivity contribution in [3.05, 3.63) is 69.2 Å². The van der Waals surface area contributed by atoms with Crippen LogP contribution in [0.25, 0.3) is 0 Å². The zero-order valence-corrected chi connectivity index (χ0v) is 14.7. The van der Waals surface area contributed by atoms with Gasteiger partial charge in [-0.05, 0) is 48.2 Å². The first-order valence-corrected chi connectivity index (χ1v) is 8.76. The van der Waals surface area contributed by atoms with E-state index in [-0.39, 0.29) is 28.6 Å². The standard InChI is InChI=1S/C19H16Cl2N2O2/c20-10-7-14(18(24)15(21)8-10)17-12-3-1-2-11(12)13-6-9(19(22)25)4-5-16(13)23-17/h1-2,4-8,11-12,17,23-24H,3H2,(H2,22,25). The highest BCUT2D eigenvalue weighted by atomic mass is 35.5. The van der Waals surface area contributed by atoms with Crippen molar-refractivity contribution in [2.45, 2.75) is 18.4 Å². The predicted molar refractivity (Wildman–Crippen MR) is 99.4 cm³/mol. The Kier molecular flexibility index (Phi) is 3.89. The molecule has 1 heterocycles. The van der Waals surface area contributed by atoms with Crippen LogP contribution in [0.3, 0.4) is 0 Å². The number of phenols is 1. The number of benzene rings is 2. The second kappa shape index (κ2) is 5.97. The number of primary amides is 1. The number of hydrogen-bond donors (Lipinski definition) is 3. The minimum absolute atomic E-state index is 0.0476. The Morgan fingerprint density at radius 1 is 1.20 bits per heavy atom. The average molecular weight is 375 g/mol. The second-order valence-electron chi connectivity index (χ2n) is 6.47. The van der Waals surface area contributed by atoms with E-state index in [1.54, 1.807) is 12.1 Å². The maximum Gasteiger partial charge on any atom is 0.248 e.